The highest BCUT2D eigenvalue weighted by molar-refractivity contribution is 7.23. The molecule has 0 saturated carbocycles. The van der Waals surface area contributed by atoms with Gasteiger partial charge in [-0.15, -0.1) is 22.7 Å². The van der Waals surface area contributed by atoms with Crippen molar-refractivity contribution in [3.63, 3.8) is 0 Å². The Labute approximate surface area is 268 Å². The monoisotopic (exact) mass is 602 g/mol. The lowest BCUT2D eigenvalue weighted by molar-refractivity contribution is 1.19. The summed E-state index contributed by atoms with van der Waals surface area (Å²) in [6.45, 7) is 2.31. The van der Waals surface area contributed by atoms with Crippen LogP contribution in [0.5, 0.6) is 0 Å². The van der Waals surface area contributed by atoms with Crippen LogP contribution in [0.1, 0.15) is 28.0 Å². The van der Waals surface area contributed by atoms with Gasteiger partial charge in [0.1, 0.15) is 0 Å². The van der Waals surface area contributed by atoms with E-state index in [0.717, 1.165) is 19.3 Å². The van der Waals surface area contributed by atoms with Crippen molar-refractivity contribution in [1.82, 2.24) is 0 Å². The molecule has 0 unspecified atom stereocenters. The van der Waals surface area contributed by atoms with Crippen molar-refractivity contribution in [1.29, 1.82) is 0 Å². The minimum absolute atomic E-state index is 0.893. The molecule has 2 heterocycles. The number of fused-ring (bicyclic) bond motifs is 1. The maximum Gasteiger partial charge on any atom is 0.0449 e. The molecule has 44 heavy (non-hydrogen) atoms. The molecule has 0 amide bonds. The Balaban J connectivity index is 1.20. The van der Waals surface area contributed by atoms with Gasteiger partial charge >= 0.3 is 0 Å². The molecule has 6 aromatic rings. The van der Waals surface area contributed by atoms with Crippen LogP contribution in [0, 0.1) is 6.92 Å². The van der Waals surface area contributed by atoms with Crippen LogP contribution in [-0.4, -0.2) is 0 Å². The number of allylic oxidation sites excluding steroid dienone is 8. The van der Waals surface area contributed by atoms with Crippen LogP contribution < -0.4 is 0 Å². The Morgan fingerprint density at radius 1 is 0.591 bits per heavy atom. The van der Waals surface area contributed by atoms with Gasteiger partial charge in [0.05, 0.1) is 0 Å². The van der Waals surface area contributed by atoms with E-state index in [-0.39, 0.29) is 0 Å². The first-order valence-electron chi connectivity index (χ1n) is 15.3. The summed E-state index contributed by atoms with van der Waals surface area (Å²) in [7, 11) is 0. The second kappa shape index (κ2) is 13.0. The molecule has 0 atom stereocenters. The average Bonchev–Trinajstić information content (AvgIpc) is 3.68. The highest BCUT2D eigenvalue weighted by Crippen LogP contribution is 2.41. The largest absolute Gasteiger partial charge is 0.139 e. The standard InChI is InChI=1S/C42H34S2/c1-30-35(23-13-12-22-34-26-27-39(43-34)40-29-28-38(44-40)31-16-8-4-9-17-31)42(33-20-6-2-3-7-21-33)37-25-15-14-24-36(37)41(30)32-18-10-5-11-19-32/h2,4-21,24-29H,3,22-23H2,1H3/b13-12-. The molecule has 0 saturated heterocycles. The van der Waals surface area contributed by atoms with Crippen LogP contribution >= 0.6 is 22.7 Å². The zero-order valence-electron chi connectivity index (χ0n) is 24.9. The summed E-state index contributed by atoms with van der Waals surface area (Å²) < 4.78 is 0. The van der Waals surface area contributed by atoms with Gasteiger partial charge in [0.25, 0.3) is 0 Å². The third kappa shape index (κ3) is 5.84. The van der Waals surface area contributed by atoms with Crippen LogP contribution in [0.25, 0.3) is 47.7 Å². The maximum absolute atomic E-state index is 2.38. The van der Waals surface area contributed by atoms with Crippen LogP contribution in [0.4, 0.5) is 0 Å². The first kappa shape index (κ1) is 28.3. The maximum atomic E-state index is 2.38. The molecule has 0 aliphatic heterocycles. The highest BCUT2D eigenvalue weighted by Gasteiger charge is 2.19. The van der Waals surface area contributed by atoms with E-state index in [9.17, 15) is 0 Å². The first-order chi connectivity index (χ1) is 21.8. The molecule has 0 bridgehead atoms. The average molecular weight is 603 g/mol. The first-order valence-corrected chi connectivity index (χ1v) is 16.9. The van der Waals surface area contributed by atoms with Crippen LogP contribution in [0.2, 0.25) is 0 Å². The number of benzene rings is 4. The van der Waals surface area contributed by atoms with Gasteiger partial charge < -0.3 is 0 Å². The third-order valence-corrected chi connectivity index (χ3v) is 10.7. The van der Waals surface area contributed by atoms with E-state index >= 15 is 0 Å². The third-order valence-electron chi connectivity index (χ3n) is 8.30. The second-order valence-electron chi connectivity index (χ2n) is 11.1. The SMILES string of the molecule is Cc1c(C/C=C\Cc2ccc(-c3ccc(-c4ccccc4)s3)s2)c(C2=CC=CCC=C2)c2ccccc2c1-c1ccccc1. The molecule has 1 aliphatic carbocycles. The van der Waals surface area contributed by atoms with Crippen molar-refractivity contribution >= 4 is 39.0 Å². The van der Waals surface area contributed by atoms with Gasteiger partial charge in [-0.1, -0.05) is 127 Å². The molecule has 2 heteroatoms. The lowest BCUT2D eigenvalue weighted by atomic mass is 9.82. The van der Waals surface area contributed by atoms with E-state index in [4.69, 9.17) is 0 Å². The Kier molecular flexibility index (Phi) is 8.36. The quantitative estimate of drug-likeness (QED) is 0.152. The predicted octanol–water partition coefficient (Wildman–Crippen LogP) is 12.5. The van der Waals surface area contributed by atoms with E-state index in [2.05, 4.69) is 159 Å². The van der Waals surface area contributed by atoms with Crippen molar-refractivity contribution in [3.8, 4) is 31.3 Å². The lowest BCUT2D eigenvalue weighted by Crippen LogP contribution is -2.01. The normalized spacial score (nSPS) is 13.1. The molecule has 214 valence electrons. The van der Waals surface area contributed by atoms with Crippen molar-refractivity contribution in [2.24, 2.45) is 0 Å². The summed E-state index contributed by atoms with van der Waals surface area (Å²) in [6.07, 6.45) is 18.8. The van der Waals surface area contributed by atoms with Gasteiger partial charge in [0.2, 0.25) is 0 Å². The number of hydrogen-bond acceptors (Lipinski definition) is 2. The zero-order valence-corrected chi connectivity index (χ0v) is 26.5. The van der Waals surface area contributed by atoms with Gasteiger partial charge in [-0.3, -0.25) is 0 Å². The number of thiophene rings is 2. The van der Waals surface area contributed by atoms with Crippen LogP contribution in [0.3, 0.4) is 0 Å². The van der Waals surface area contributed by atoms with Gasteiger partial charge in [-0.25, -0.2) is 0 Å². The van der Waals surface area contributed by atoms with Gasteiger partial charge in [0, 0.05) is 19.5 Å². The molecule has 1 aliphatic rings. The van der Waals surface area contributed by atoms with E-state index < -0.39 is 0 Å². The highest BCUT2D eigenvalue weighted by atomic mass is 32.1. The van der Waals surface area contributed by atoms with Crippen molar-refractivity contribution in [2.45, 2.75) is 26.2 Å². The van der Waals surface area contributed by atoms with E-state index in [1.165, 1.54) is 69.2 Å². The Morgan fingerprint density at radius 2 is 1.23 bits per heavy atom. The number of rotatable bonds is 8. The zero-order chi connectivity index (χ0) is 29.7. The molecular weight excluding hydrogens is 569 g/mol. The summed E-state index contributed by atoms with van der Waals surface area (Å²) in [5, 5.41) is 2.64. The minimum Gasteiger partial charge on any atom is -0.139 e. The van der Waals surface area contributed by atoms with Crippen LogP contribution in [-0.2, 0) is 12.8 Å². The van der Waals surface area contributed by atoms with Gasteiger partial charge in [-0.05, 0) is 100 Å². The van der Waals surface area contributed by atoms with Crippen molar-refractivity contribution in [2.75, 3.05) is 0 Å². The van der Waals surface area contributed by atoms with Gasteiger partial charge in [-0.2, -0.15) is 0 Å². The number of hydrogen-bond donors (Lipinski definition) is 0. The fourth-order valence-corrected chi connectivity index (χ4v) is 8.26. The Morgan fingerprint density at radius 3 is 2.02 bits per heavy atom. The fraction of sp³-hybridized carbons (Fsp3) is 0.0952. The minimum atomic E-state index is 0.893. The summed E-state index contributed by atoms with van der Waals surface area (Å²) in [4.78, 5) is 5.40. The molecule has 0 N–H and O–H groups in total. The molecule has 0 fully saturated rings. The topological polar surface area (TPSA) is 0 Å². The van der Waals surface area contributed by atoms with E-state index in [1.807, 2.05) is 22.7 Å². The summed E-state index contributed by atoms with van der Waals surface area (Å²) in [5.74, 6) is 0. The predicted molar refractivity (Wildman–Crippen MR) is 195 cm³/mol. The molecule has 0 radical (unpaired) electrons. The molecule has 7 rings (SSSR count). The van der Waals surface area contributed by atoms with Crippen LogP contribution in [0.15, 0.2) is 152 Å². The summed E-state index contributed by atoms with van der Waals surface area (Å²) in [6, 6.07) is 39.6. The van der Waals surface area contributed by atoms with E-state index in [0.29, 0.717) is 0 Å². The summed E-state index contributed by atoms with van der Waals surface area (Å²) in [5.41, 5.74) is 9.32. The smallest absolute Gasteiger partial charge is 0.0449 e. The fourth-order valence-electron chi connectivity index (χ4n) is 6.18. The Hall–Kier alpha value is -4.50. The van der Waals surface area contributed by atoms with Crippen molar-refractivity contribution < 1.29 is 0 Å². The molecular formula is C42H34S2. The molecule has 2 aromatic heterocycles. The molecule has 0 nitrogen and oxygen atoms in total. The van der Waals surface area contributed by atoms with Crippen molar-refractivity contribution in [3.05, 3.63) is 173 Å². The Bertz CT molecular complexity index is 2030. The second-order valence-corrected chi connectivity index (χ2v) is 13.4. The molecule has 0 spiro atoms. The van der Waals surface area contributed by atoms with Gasteiger partial charge in [0.15, 0.2) is 0 Å². The molecule has 4 aromatic carbocycles. The van der Waals surface area contributed by atoms with E-state index in [1.54, 1.807) is 0 Å². The summed E-state index contributed by atoms with van der Waals surface area (Å²) >= 11 is 3.78. The lowest BCUT2D eigenvalue weighted by Gasteiger charge is -2.21.